The summed E-state index contributed by atoms with van der Waals surface area (Å²) in [6.45, 7) is 2.27. The summed E-state index contributed by atoms with van der Waals surface area (Å²) in [5, 5.41) is 1.55. The van der Waals surface area contributed by atoms with Gasteiger partial charge in [-0.05, 0) is 71.7 Å². The van der Waals surface area contributed by atoms with E-state index in [0.29, 0.717) is 23.8 Å². The van der Waals surface area contributed by atoms with Gasteiger partial charge in [-0.1, -0.05) is 94.3 Å². The molecule has 0 aliphatic heterocycles. The number of alkyl halides is 3. The zero-order valence-electron chi connectivity index (χ0n) is 21.0. The van der Waals surface area contributed by atoms with Crippen LogP contribution in [0.25, 0.3) is 10.8 Å². The number of hydrogen-bond donors (Lipinski definition) is 0. The standard InChI is InChI=1S/C31H36F4O/c1-2-3-4-22-5-7-23(8-6-22)9-10-25-14-20-29-27(21-25)17-16-26(30(29)32)15-11-24-12-18-28(19-13-24)36-31(33,34)35/h12-14,16-23H,2-11,15H2,1H3. The molecule has 5 heteroatoms. The number of ether oxygens (including phenoxy) is 1. The molecule has 0 saturated heterocycles. The maximum atomic E-state index is 15.2. The maximum Gasteiger partial charge on any atom is 0.573 e. The molecule has 0 N–H and O–H groups in total. The Hall–Kier alpha value is -2.56. The van der Waals surface area contributed by atoms with Gasteiger partial charge in [-0.2, -0.15) is 0 Å². The fourth-order valence-corrected chi connectivity index (χ4v) is 5.54. The minimum absolute atomic E-state index is 0.207. The lowest BCUT2D eigenvalue weighted by Gasteiger charge is -2.28. The van der Waals surface area contributed by atoms with E-state index in [1.807, 2.05) is 18.2 Å². The average Bonchev–Trinajstić information content (AvgIpc) is 2.86. The SMILES string of the molecule is CCCCC1CCC(CCc2ccc3c(F)c(CCc4ccc(OC(F)(F)F)cc4)ccc3c2)CC1. The molecule has 0 atom stereocenters. The van der Waals surface area contributed by atoms with Crippen molar-refractivity contribution in [3.05, 3.63) is 77.1 Å². The van der Waals surface area contributed by atoms with Gasteiger partial charge in [0.15, 0.2) is 0 Å². The Bertz CT molecular complexity index is 1110. The van der Waals surface area contributed by atoms with Gasteiger partial charge in [0.1, 0.15) is 11.6 Å². The molecule has 0 unspecified atom stereocenters. The Morgan fingerprint density at radius 3 is 2.11 bits per heavy atom. The molecule has 1 aliphatic rings. The third-order valence-corrected chi connectivity index (χ3v) is 7.71. The Labute approximate surface area is 211 Å². The molecule has 0 aromatic heterocycles. The first-order valence-electron chi connectivity index (χ1n) is 13.4. The number of rotatable bonds is 10. The second-order valence-electron chi connectivity index (χ2n) is 10.4. The van der Waals surface area contributed by atoms with Crippen molar-refractivity contribution >= 4 is 10.8 Å². The van der Waals surface area contributed by atoms with E-state index in [2.05, 4.69) is 23.8 Å². The number of halogens is 4. The summed E-state index contributed by atoms with van der Waals surface area (Å²) in [6, 6.07) is 15.6. The number of hydrogen-bond acceptors (Lipinski definition) is 1. The minimum Gasteiger partial charge on any atom is -0.406 e. The molecular weight excluding hydrogens is 464 g/mol. The van der Waals surface area contributed by atoms with Crippen molar-refractivity contribution in [2.75, 3.05) is 0 Å². The van der Waals surface area contributed by atoms with Crippen LogP contribution in [0, 0.1) is 17.7 Å². The molecule has 36 heavy (non-hydrogen) atoms. The molecular formula is C31H36F4O. The van der Waals surface area contributed by atoms with E-state index in [4.69, 9.17) is 0 Å². The van der Waals surface area contributed by atoms with Gasteiger partial charge in [0.25, 0.3) is 0 Å². The van der Waals surface area contributed by atoms with E-state index in [0.717, 1.165) is 29.2 Å². The Kier molecular flexibility index (Phi) is 8.92. The lowest BCUT2D eigenvalue weighted by atomic mass is 9.78. The van der Waals surface area contributed by atoms with Crippen molar-refractivity contribution in [2.24, 2.45) is 11.8 Å². The largest absolute Gasteiger partial charge is 0.573 e. The van der Waals surface area contributed by atoms with Crippen molar-refractivity contribution in [1.82, 2.24) is 0 Å². The Morgan fingerprint density at radius 1 is 0.778 bits per heavy atom. The normalized spacial score (nSPS) is 18.5. The van der Waals surface area contributed by atoms with E-state index in [-0.39, 0.29) is 11.6 Å². The minimum atomic E-state index is -4.71. The predicted octanol–water partition coefficient (Wildman–Crippen LogP) is 9.59. The highest BCUT2D eigenvalue weighted by molar-refractivity contribution is 5.84. The van der Waals surface area contributed by atoms with Gasteiger partial charge >= 0.3 is 6.36 Å². The van der Waals surface area contributed by atoms with Gasteiger partial charge < -0.3 is 4.74 Å². The van der Waals surface area contributed by atoms with Crippen molar-refractivity contribution in [3.8, 4) is 5.75 Å². The number of unbranched alkanes of at least 4 members (excludes halogenated alkanes) is 1. The fraction of sp³-hybridized carbons (Fsp3) is 0.484. The van der Waals surface area contributed by atoms with Gasteiger partial charge in [0.2, 0.25) is 0 Å². The summed E-state index contributed by atoms with van der Waals surface area (Å²) in [5.41, 5.74) is 2.72. The topological polar surface area (TPSA) is 9.23 Å². The van der Waals surface area contributed by atoms with Crippen LogP contribution in [-0.2, 0) is 19.3 Å². The maximum absolute atomic E-state index is 15.2. The molecule has 194 valence electrons. The molecule has 0 spiro atoms. The van der Waals surface area contributed by atoms with E-state index in [1.54, 1.807) is 12.1 Å². The van der Waals surface area contributed by atoms with Gasteiger partial charge in [-0.15, -0.1) is 13.2 Å². The van der Waals surface area contributed by atoms with E-state index in [1.165, 1.54) is 69.1 Å². The summed E-state index contributed by atoms with van der Waals surface area (Å²) in [7, 11) is 0. The van der Waals surface area contributed by atoms with Gasteiger partial charge in [-0.25, -0.2) is 4.39 Å². The molecule has 1 saturated carbocycles. The zero-order valence-corrected chi connectivity index (χ0v) is 21.0. The van der Waals surface area contributed by atoms with Gasteiger partial charge in [0, 0.05) is 5.39 Å². The van der Waals surface area contributed by atoms with Crippen LogP contribution in [0.2, 0.25) is 0 Å². The second-order valence-corrected chi connectivity index (χ2v) is 10.4. The second kappa shape index (κ2) is 12.1. The van der Waals surface area contributed by atoms with Crippen LogP contribution < -0.4 is 4.74 Å². The van der Waals surface area contributed by atoms with Crippen LogP contribution in [0.1, 0.15) is 75.0 Å². The van der Waals surface area contributed by atoms with E-state index >= 15 is 4.39 Å². The number of fused-ring (bicyclic) bond motifs is 1. The quantitative estimate of drug-likeness (QED) is 0.252. The summed E-state index contributed by atoms with van der Waals surface area (Å²) in [5.74, 6) is 1.29. The lowest BCUT2D eigenvalue weighted by molar-refractivity contribution is -0.274. The van der Waals surface area contributed by atoms with Crippen molar-refractivity contribution in [1.29, 1.82) is 0 Å². The third-order valence-electron chi connectivity index (χ3n) is 7.71. The van der Waals surface area contributed by atoms with Crippen LogP contribution in [0.3, 0.4) is 0 Å². The highest BCUT2D eigenvalue weighted by Gasteiger charge is 2.31. The molecule has 1 fully saturated rings. The zero-order chi connectivity index (χ0) is 25.5. The predicted molar refractivity (Wildman–Crippen MR) is 138 cm³/mol. The monoisotopic (exact) mass is 500 g/mol. The van der Waals surface area contributed by atoms with Gasteiger partial charge in [0.05, 0.1) is 0 Å². The first-order valence-corrected chi connectivity index (χ1v) is 13.4. The van der Waals surface area contributed by atoms with Crippen LogP contribution in [0.4, 0.5) is 17.6 Å². The Balaban J connectivity index is 1.31. The fourth-order valence-electron chi connectivity index (χ4n) is 5.54. The van der Waals surface area contributed by atoms with Crippen molar-refractivity contribution in [3.63, 3.8) is 0 Å². The summed E-state index contributed by atoms with van der Waals surface area (Å²) in [4.78, 5) is 0. The molecule has 0 amide bonds. The third kappa shape index (κ3) is 7.47. The number of aryl methyl sites for hydroxylation is 3. The number of benzene rings is 3. The molecule has 0 bridgehead atoms. The van der Waals surface area contributed by atoms with Crippen LogP contribution in [-0.4, -0.2) is 6.36 Å². The van der Waals surface area contributed by atoms with E-state index < -0.39 is 6.36 Å². The summed E-state index contributed by atoms with van der Waals surface area (Å²) < 4.78 is 56.1. The average molecular weight is 501 g/mol. The van der Waals surface area contributed by atoms with E-state index in [9.17, 15) is 13.2 Å². The molecule has 4 rings (SSSR count). The molecule has 0 radical (unpaired) electrons. The smallest absolute Gasteiger partial charge is 0.406 e. The Morgan fingerprint density at radius 2 is 1.44 bits per heavy atom. The highest BCUT2D eigenvalue weighted by Crippen LogP contribution is 2.34. The molecule has 1 nitrogen and oxygen atoms in total. The molecule has 0 heterocycles. The van der Waals surface area contributed by atoms with Crippen molar-refractivity contribution in [2.45, 2.75) is 83.9 Å². The summed E-state index contributed by atoms with van der Waals surface area (Å²) in [6.07, 6.45) is 8.04. The summed E-state index contributed by atoms with van der Waals surface area (Å²) >= 11 is 0. The van der Waals surface area contributed by atoms with Crippen LogP contribution >= 0.6 is 0 Å². The van der Waals surface area contributed by atoms with Crippen molar-refractivity contribution < 1.29 is 22.3 Å². The first-order chi connectivity index (χ1) is 17.3. The first kappa shape index (κ1) is 26.5. The molecule has 1 aliphatic carbocycles. The van der Waals surface area contributed by atoms with Crippen LogP contribution in [0.15, 0.2) is 54.6 Å². The van der Waals surface area contributed by atoms with Crippen LogP contribution in [0.5, 0.6) is 5.75 Å². The lowest BCUT2D eigenvalue weighted by Crippen LogP contribution is -2.17. The highest BCUT2D eigenvalue weighted by atomic mass is 19.4. The molecule has 3 aromatic carbocycles. The molecule has 3 aromatic rings. The van der Waals surface area contributed by atoms with Gasteiger partial charge in [-0.3, -0.25) is 0 Å².